The quantitative estimate of drug-likeness (QED) is 0.0259. The van der Waals surface area contributed by atoms with Gasteiger partial charge >= 0.3 is 0 Å². The fourth-order valence-electron chi connectivity index (χ4n) is 8.60. The number of terminal acetylenes is 1. The molecule has 1 saturated heterocycles. The number of nitrogens with zero attached hydrogens (tertiary/aromatic N) is 3. The minimum atomic E-state index is -2.61. The Bertz CT molecular complexity index is 3230. The summed E-state index contributed by atoms with van der Waals surface area (Å²) >= 11 is 0. The maximum absolute atomic E-state index is 14.5. The molecule has 12 nitrogen and oxygen atoms in total. The van der Waals surface area contributed by atoms with Crippen LogP contribution >= 0.6 is 0 Å². The number of rotatable bonds is 25. The molecule has 436 valence electrons. The van der Waals surface area contributed by atoms with Crippen LogP contribution in [-0.4, -0.2) is 91.8 Å². The van der Waals surface area contributed by atoms with Gasteiger partial charge in [0, 0.05) is 47.7 Å². The second kappa shape index (κ2) is 37.0. The summed E-state index contributed by atoms with van der Waals surface area (Å²) in [5.74, 6) is 53.6. The molecular weight excluding hydrogens is 1080 g/mol. The van der Waals surface area contributed by atoms with Gasteiger partial charge in [-0.3, -0.25) is 4.79 Å². The van der Waals surface area contributed by atoms with Crippen LogP contribution < -0.4 is 5.32 Å². The second-order valence-electron chi connectivity index (χ2n) is 23.3. The normalized spacial score (nSPS) is 18.1. The molecule has 1 aliphatic carbocycles. The molecule has 2 fully saturated rings. The van der Waals surface area contributed by atoms with E-state index in [9.17, 15) is 4.79 Å². The van der Waals surface area contributed by atoms with Crippen molar-refractivity contribution in [1.82, 2.24) is 5.32 Å². The zero-order valence-electron chi connectivity index (χ0n) is 50.8. The number of ether oxygens (including phenoxy) is 5. The third kappa shape index (κ3) is 25.6. The number of hydrogen-bond acceptors (Lipinski definition) is 9. The average Bonchev–Trinajstić information content (AvgIpc) is 4.06. The zero-order chi connectivity index (χ0) is 61.1. The summed E-state index contributed by atoms with van der Waals surface area (Å²) in [7, 11) is -5.07. The number of benzene rings is 2. The molecule has 4 rings (SSSR count). The van der Waals surface area contributed by atoms with Crippen LogP contribution in [0.1, 0.15) is 105 Å². The topological polar surface area (TPSA) is 142 Å². The Morgan fingerprint density at radius 2 is 1.18 bits per heavy atom. The van der Waals surface area contributed by atoms with Gasteiger partial charge in [0.05, 0.1) is 57.2 Å². The van der Waals surface area contributed by atoms with E-state index >= 15 is 0 Å². The van der Waals surface area contributed by atoms with Gasteiger partial charge in [0.25, 0.3) is 0 Å². The molecule has 0 radical (unpaired) electrons. The van der Waals surface area contributed by atoms with Gasteiger partial charge in [-0.15, -0.1) is 6.42 Å². The second-order valence-corrected chi connectivity index (χ2v) is 32.8. The molecule has 0 aromatic heterocycles. The Morgan fingerprint density at radius 1 is 0.702 bits per heavy atom. The van der Waals surface area contributed by atoms with Crippen molar-refractivity contribution in [2.75, 3.05) is 26.4 Å². The van der Waals surface area contributed by atoms with Crippen LogP contribution in [0, 0.1) is 143 Å². The fraction of sp³-hybridized carbons (Fsp3) is 0.500. The molecule has 84 heavy (non-hydrogen) atoms. The molecule has 2 aliphatic rings. The number of nitrogens with one attached hydrogen (secondary N) is 1. The third-order valence-electron chi connectivity index (χ3n) is 15.1. The van der Waals surface area contributed by atoms with Gasteiger partial charge in [-0.2, -0.15) is 0 Å². The van der Waals surface area contributed by atoms with Crippen molar-refractivity contribution in [2.24, 2.45) is 17.0 Å². The molecule has 2 aromatic rings. The lowest BCUT2D eigenvalue weighted by molar-refractivity contribution is -0.309. The van der Waals surface area contributed by atoms with Crippen LogP contribution in [0.5, 0.6) is 0 Å². The smallest absolute Gasteiger partial charge is 0.232 e. The lowest BCUT2D eigenvalue weighted by atomic mass is 9.90. The minimum Gasteiger partial charge on any atom is -0.411 e. The Morgan fingerprint density at radius 3 is 1.67 bits per heavy atom. The van der Waals surface area contributed by atoms with Crippen LogP contribution in [0.3, 0.4) is 0 Å². The predicted molar refractivity (Wildman–Crippen MR) is 337 cm³/mol. The van der Waals surface area contributed by atoms with Gasteiger partial charge in [0.1, 0.15) is 12.2 Å². The first-order valence-corrected chi connectivity index (χ1v) is 34.3. The summed E-state index contributed by atoms with van der Waals surface area (Å²) in [6.07, 6.45) is 7.05. The van der Waals surface area contributed by atoms with Gasteiger partial charge in [-0.1, -0.05) is 146 Å². The van der Waals surface area contributed by atoms with Crippen molar-refractivity contribution in [1.29, 1.82) is 0 Å². The predicted octanol–water partition coefficient (Wildman–Crippen LogP) is 11.2. The molecule has 0 bridgehead atoms. The molecule has 8 atom stereocenters. The van der Waals surface area contributed by atoms with E-state index in [4.69, 9.17) is 44.5 Å². The number of azide groups is 1. The summed E-state index contributed by atoms with van der Waals surface area (Å²) in [5, 5.41) is 6.73. The summed E-state index contributed by atoms with van der Waals surface area (Å²) < 4.78 is 49.2. The molecule has 1 heterocycles. The number of carbonyl (C=O) groups is 1. The van der Waals surface area contributed by atoms with E-state index in [1.165, 1.54) is 0 Å². The van der Waals surface area contributed by atoms with Gasteiger partial charge in [0.2, 0.25) is 5.91 Å². The molecule has 14 heteroatoms. The Labute approximate surface area is 504 Å². The van der Waals surface area contributed by atoms with Gasteiger partial charge < -0.3 is 37.9 Å². The van der Waals surface area contributed by atoms with Crippen molar-refractivity contribution < 1.29 is 37.3 Å². The van der Waals surface area contributed by atoms with Gasteiger partial charge in [-0.05, 0) is 166 Å². The van der Waals surface area contributed by atoms with Crippen LogP contribution in [0.15, 0.2) is 65.8 Å². The van der Waals surface area contributed by atoms with E-state index in [-0.39, 0.29) is 54.2 Å². The molecule has 1 saturated carbocycles. The first kappa shape index (κ1) is 69.0. The minimum absolute atomic E-state index is 0.0171. The third-order valence-corrected chi connectivity index (χ3v) is 24.0. The highest BCUT2D eigenvalue weighted by Gasteiger charge is 2.50. The first-order valence-electron chi connectivity index (χ1n) is 28.5. The number of hydrogen-bond donors (Lipinski definition) is 1. The van der Waals surface area contributed by atoms with E-state index < -0.39 is 53.4 Å². The summed E-state index contributed by atoms with van der Waals surface area (Å²) in [5.41, 5.74) is 10.9. The van der Waals surface area contributed by atoms with E-state index in [0.717, 1.165) is 43.2 Å². The molecule has 2 unspecified atom stereocenters. The number of amides is 1. The molecule has 0 spiro atoms. The van der Waals surface area contributed by atoms with Crippen molar-refractivity contribution >= 4 is 22.5 Å². The van der Waals surface area contributed by atoms with Crippen LogP contribution in [-0.2, 0) is 50.5 Å². The van der Waals surface area contributed by atoms with E-state index in [1.54, 1.807) is 0 Å². The summed E-state index contributed by atoms with van der Waals surface area (Å²) in [6, 6.07) is 19.2. The van der Waals surface area contributed by atoms with E-state index in [2.05, 4.69) is 214 Å². The van der Waals surface area contributed by atoms with Crippen LogP contribution in [0.4, 0.5) is 0 Å². The standard InChI is InChI=1S/C70H80N4O8Si2/c1-13-14-15-16-17-18-19-20-21-22-23-24-25-26-27-28-29-30-31-32-39-49-64(75)73-61(67(82-84(11,12)70(6,7)8)62(52-58-43-40-41-44-58)81-83(9,10)69(3,4)5)55-79-68-66(78-54-60-47-37-34-38-48-60)57(2)65(77-53-59-45-35-33-36-46-59)63(80-68)56-76-51-42-50-72-74-71/h1,33-38,45-48,57-58,61-63,65-68H,40-44,49-56H2,2-12H3,(H,73,75)/t57-,61-,62+,63?,65+,66?,67-,68-/m0/s1. The molecule has 1 N–H and O–H groups in total. The highest BCUT2D eigenvalue weighted by atomic mass is 28.4. The zero-order valence-corrected chi connectivity index (χ0v) is 52.8. The molecule has 2 aromatic carbocycles. The van der Waals surface area contributed by atoms with Gasteiger partial charge in [0.15, 0.2) is 22.9 Å². The highest BCUT2D eigenvalue weighted by molar-refractivity contribution is 6.74. The largest absolute Gasteiger partial charge is 0.411 e. The summed E-state index contributed by atoms with van der Waals surface area (Å²) in [4.78, 5) is 17.3. The van der Waals surface area contributed by atoms with Crippen LogP contribution in [0.2, 0.25) is 36.3 Å². The number of carbonyl (C=O) groups excluding carboxylic acids is 1. The van der Waals surface area contributed by atoms with Crippen molar-refractivity contribution in [3.05, 3.63) is 82.2 Å². The Kier molecular flexibility index (Phi) is 30.4. The van der Waals surface area contributed by atoms with Crippen molar-refractivity contribution in [3.8, 4) is 131 Å². The lowest BCUT2D eigenvalue weighted by Gasteiger charge is -2.48. The molecule has 1 amide bonds. The maximum Gasteiger partial charge on any atom is 0.232 e. The maximum atomic E-state index is 14.5. The fourth-order valence-corrected chi connectivity index (χ4v) is 11.3. The lowest BCUT2D eigenvalue weighted by Crippen LogP contribution is -2.61. The average molecular weight is 1160 g/mol. The van der Waals surface area contributed by atoms with Gasteiger partial charge in [-0.25, -0.2) is 0 Å². The summed E-state index contributed by atoms with van der Waals surface area (Å²) in [6.45, 7) is 26.0. The van der Waals surface area contributed by atoms with Crippen LogP contribution in [0.25, 0.3) is 10.4 Å². The molecule has 1 aliphatic heterocycles. The van der Waals surface area contributed by atoms with Crippen molar-refractivity contribution in [2.45, 2.75) is 186 Å². The SMILES string of the molecule is C#CC#CC#CC#CC#CC#CC#CC#CC#CC#CC#CCC(=O)N[C@@H](CO[C@H]1OC(COCCCN=[N+]=[N-])[C@H](OCc2ccccc2)[C@H](C)C1OCc1ccccc1)[C@H](O[Si](C)(C)C(C)(C)C)[C@@H](CC1CCCC1)O[Si](C)(C)C(C)(C)C. The van der Waals surface area contributed by atoms with E-state index in [0.29, 0.717) is 32.1 Å². The van der Waals surface area contributed by atoms with Crippen molar-refractivity contribution in [3.63, 3.8) is 0 Å². The molecular formula is C70H80N4O8Si2. The highest BCUT2D eigenvalue weighted by Crippen LogP contribution is 2.43. The Hall–Kier alpha value is -7.47. The first-order chi connectivity index (χ1) is 40.3. The monoisotopic (exact) mass is 1160 g/mol. The van der Waals surface area contributed by atoms with E-state index in [1.807, 2.05) is 60.7 Å². The Balaban J connectivity index is 1.72.